The lowest BCUT2D eigenvalue weighted by molar-refractivity contribution is -0.131. The van der Waals surface area contributed by atoms with Crippen molar-refractivity contribution in [3.05, 3.63) is 53.6 Å². The molecule has 32 heavy (non-hydrogen) atoms. The molecule has 0 bridgehead atoms. The number of hydrogen-bond donors (Lipinski definition) is 2. The van der Waals surface area contributed by atoms with Gasteiger partial charge in [-0.15, -0.1) is 0 Å². The molecule has 0 heterocycles. The third kappa shape index (κ3) is 8.29. The van der Waals surface area contributed by atoms with Gasteiger partial charge in [-0.1, -0.05) is 12.1 Å². The molecule has 2 rings (SSSR count). The summed E-state index contributed by atoms with van der Waals surface area (Å²) in [6.07, 6.45) is 1.54. The lowest BCUT2D eigenvalue weighted by atomic mass is 10.1. The first-order valence-electron chi connectivity index (χ1n) is 10.6. The number of carbonyl (C=O) groups is 3. The zero-order valence-electron chi connectivity index (χ0n) is 18.7. The molecular formula is C24H30N2O6. The molecule has 2 amide bonds. The van der Waals surface area contributed by atoms with Gasteiger partial charge in [0.1, 0.15) is 5.75 Å². The van der Waals surface area contributed by atoms with Crippen LogP contribution in [-0.2, 0) is 16.0 Å². The number of hydrogen-bond acceptors (Lipinski definition) is 6. The van der Waals surface area contributed by atoms with Gasteiger partial charge in [-0.05, 0) is 55.7 Å². The fourth-order valence-corrected chi connectivity index (χ4v) is 2.98. The molecule has 0 aliphatic carbocycles. The van der Waals surface area contributed by atoms with Crippen LogP contribution in [0.1, 0.15) is 42.6 Å². The Hall–Kier alpha value is -3.55. The zero-order valence-corrected chi connectivity index (χ0v) is 18.7. The maximum atomic E-state index is 12.2. The van der Waals surface area contributed by atoms with Crippen molar-refractivity contribution in [3.8, 4) is 17.2 Å². The normalized spacial score (nSPS) is 10.2. The second-order valence-corrected chi connectivity index (χ2v) is 7.00. The van der Waals surface area contributed by atoms with E-state index in [0.29, 0.717) is 61.8 Å². The fourth-order valence-electron chi connectivity index (χ4n) is 2.98. The van der Waals surface area contributed by atoms with Crippen LogP contribution >= 0.6 is 0 Å². The van der Waals surface area contributed by atoms with Crippen molar-refractivity contribution in [1.82, 2.24) is 10.6 Å². The standard InChI is InChI=1S/C24H30N2O6/c1-4-31-21-11-9-18(15-22(21)30-3)10-12-23(28)25-13-6-14-26-24(29)19-7-5-8-20(16-19)32-17(2)27/h5,7-9,11,15-16H,4,6,10,12-14H2,1-3H3,(H,25,28)(H,26,29). The highest BCUT2D eigenvalue weighted by Crippen LogP contribution is 2.28. The number of benzene rings is 2. The van der Waals surface area contributed by atoms with Gasteiger partial charge in [0.25, 0.3) is 5.91 Å². The predicted octanol–water partition coefficient (Wildman–Crippen LogP) is 2.89. The maximum absolute atomic E-state index is 12.2. The van der Waals surface area contributed by atoms with E-state index in [-0.39, 0.29) is 11.8 Å². The summed E-state index contributed by atoms with van der Waals surface area (Å²) in [6, 6.07) is 12.1. The van der Waals surface area contributed by atoms with Gasteiger partial charge >= 0.3 is 5.97 Å². The van der Waals surface area contributed by atoms with Crippen LogP contribution in [0, 0.1) is 0 Å². The van der Waals surface area contributed by atoms with Crippen molar-refractivity contribution in [2.75, 3.05) is 26.8 Å². The fraction of sp³-hybridized carbons (Fsp3) is 0.375. The smallest absolute Gasteiger partial charge is 0.308 e. The molecule has 0 atom stereocenters. The molecule has 2 aromatic rings. The quantitative estimate of drug-likeness (QED) is 0.298. The largest absolute Gasteiger partial charge is 0.493 e. The third-order valence-electron chi connectivity index (χ3n) is 4.49. The van der Waals surface area contributed by atoms with Crippen molar-refractivity contribution in [2.45, 2.75) is 33.1 Å². The number of ether oxygens (including phenoxy) is 3. The average Bonchev–Trinajstić information content (AvgIpc) is 2.78. The monoisotopic (exact) mass is 442 g/mol. The van der Waals surface area contributed by atoms with Crippen LogP contribution in [0.15, 0.2) is 42.5 Å². The van der Waals surface area contributed by atoms with Crippen molar-refractivity contribution in [2.24, 2.45) is 0 Å². The number of nitrogens with one attached hydrogen (secondary N) is 2. The van der Waals surface area contributed by atoms with Crippen molar-refractivity contribution in [3.63, 3.8) is 0 Å². The second-order valence-electron chi connectivity index (χ2n) is 7.00. The molecule has 0 saturated heterocycles. The summed E-state index contributed by atoms with van der Waals surface area (Å²) in [5.74, 6) is 0.887. The van der Waals surface area contributed by atoms with Gasteiger partial charge in [0.15, 0.2) is 11.5 Å². The highest BCUT2D eigenvalue weighted by molar-refractivity contribution is 5.94. The molecular weight excluding hydrogens is 412 g/mol. The Balaban J connectivity index is 1.67. The van der Waals surface area contributed by atoms with Crippen LogP contribution in [0.2, 0.25) is 0 Å². The maximum Gasteiger partial charge on any atom is 0.308 e. The topological polar surface area (TPSA) is 103 Å². The summed E-state index contributed by atoms with van der Waals surface area (Å²) in [6.45, 7) is 4.63. The van der Waals surface area contributed by atoms with Gasteiger partial charge in [-0.2, -0.15) is 0 Å². The Morgan fingerprint density at radius 3 is 2.47 bits per heavy atom. The molecule has 172 valence electrons. The van der Waals surface area contributed by atoms with Crippen LogP contribution in [0.25, 0.3) is 0 Å². The number of rotatable bonds is 12. The first kappa shape index (κ1) is 24.7. The van der Waals surface area contributed by atoms with E-state index >= 15 is 0 Å². The first-order chi connectivity index (χ1) is 15.4. The van der Waals surface area contributed by atoms with Crippen LogP contribution in [0.5, 0.6) is 17.2 Å². The summed E-state index contributed by atoms with van der Waals surface area (Å²) in [5, 5.41) is 5.64. The number of carbonyl (C=O) groups excluding carboxylic acids is 3. The Morgan fingerprint density at radius 2 is 1.75 bits per heavy atom. The summed E-state index contributed by atoms with van der Waals surface area (Å²) < 4.78 is 15.8. The average molecular weight is 443 g/mol. The molecule has 0 fully saturated rings. The number of esters is 1. The summed E-state index contributed by atoms with van der Waals surface area (Å²) in [7, 11) is 1.59. The SMILES string of the molecule is CCOc1ccc(CCC(=O)NCCCNC(=O)c2cccc(OC(C)=O)c2)cc1OC. The second kappa shape index (κ2) is 13.0. The van der Waals surface area contributed by atoms with E-state index in [4.69, 9.17) is 14.2 Å². The van der Waals surface area contributed by atoms with Crippen LogP contribution in [0.4, 0.5) is 0 Å². The minimum absolute atomic E-state index is 0.0572. The zero-order chi connectivity index (χ0) is 23.3. The minimum Gasteiger partial charge on any atom is -0.493 e. The summed E-state index contributed by atoms with van der Waals surface area (Å²) in [4.78, 5) is 35.3. The minimum atomic E-state index is -0.444. The number of aryl methyl sites for hydroxylation is 1. The third-order valence-corrected chi connectivity index (χ3v) is 4.49. The van der Waals surface area contributed by atoms with E-state index in [2.05, 4.69) is 10.6 Å². The van der Waals surface area contributed by atoms with E-state index in [1.54, 1.807) is 25.3 Å². The molecule has 8 heteroatoms. The van der Waals surface area contributed by atoms with E-state index < -0.39 is 5.97 Å². The van der Waals surface area contributed by atoms with Crippen molar-refractivity contribution in [1.29, 1.82) is 0 Å². The lowest BCUT2D eigenvalue weighted by Crippen LogP contribution is -2.30. The highest BCUT2D eigenvalue weighted by Gasteiger charge is 2.09. The van der Waals surface area contributed by atoms with Gasteiger partial charge in [-0.3, -0.25) is 14.4 Å². The molecule has 0 aliphatic heterocycles. The molecule has 0 radical (unpaired) electrons. The Labute approximate surface area is 188 Å². The molecule has 0 aliphatic rings. The summed E-state index contributed by atoms with van der Waals surface area (Å²) in [5.41, 5.74) is 1.39. The molecule has 2 aromatic carbocycles. The number of methoxy groups -OCH3 is 1. The molecule has 0 spiro atoms. The molecule has 0 unspecified atom stereocenters. The summed E-state index contributed by atoms with van der Waals surface area (Å²) >= 11 is 0. The van der Waals surface area contributed by atoms with Crippen molar-refractivity contribution < 1.29 is 28.6 Å². The predicted molar refractivity (Wildman–Crippen MR) is 120 cm³/mol. The van der Waals surface area contributed by atoms with Crippen LogP contribution in [0.3, 0.4) is 0 Å². The molecule has 8 nitrogen and oxygen atoms in total. The molecule has 0 saturated carbocycles. The van der Waals surface area contributed by atoms with Gasteiger partial charge in [-0.25, -0.2) is 0 Å². The van der Waals surface area contributed by atoms with Crippen LogP contribution < -0.4 is 24.8 Å². The first-order valence-corrected chi connectivity index (χ1v) is 10.6. The Morgan fingerprint density at radius 1 is 0.969 bits per heavy atom. The van der Waals surface area contributed by atoms with Gasteiger partial charge in [0, 0.05) is 32.0 Å². The van der Waals surface area contributed by atoms with E-state index in [1.165, 1.54) is 13.0 Å². The Kier molecular flexibility index (Phi) is 10.0. The van der Waals surface area contributed by atoms with Gasteiger partial charge in [0.2, 0.25) is 5.91 Å². The van der Waals surface area contributed by atoms with E-state index in [0.717, 1.165) is 5.56 Å². The number of amides is 2. The van der Waals surface area contributed by atoms with Crippen molar-refractivity contribution >= 4 is 17.8 Å². The van der Waals surface area contributed by atoms with E-state index in [9.17, 15) is 14.4 Å². The molecule has 0 aromatic heterocycles. The highest BCUT2D eigenvalue weighted by atomic mass is 16.5. The molecule has 2 N–H and O–H groups in total. The Bertz CT molecular complexity index is 928. The van der Waals surface area contributed by atoms with Crippen LogP contribution in [-0.4, -0.2) is 44.6 Å². The van der Waals surface area contributed by atoms with Gasteiger partial charge < -0.3 is 24.8 Å². The van der Waals surface area contributed by atoms with E-state index in [1.807, 2.05) is 25.1 Å². The lowest BCUT2D eigenvalue weighted by Gasteiger charge is -2.11. The van der Waals surface area contributed by atoms with Gasteiger partial charge in [0.05, 0.1) is 13.7 Å².